The van der Waals surface area contributed by atoms with E-state index < -0.39 is 0 Å². The molecule has 3 aromatic rings. The van der Waals surface area contributed by atoms with E-state index in [1.807, 2.05) is 0 Å². The minimum atomic E-state index is -0.310. The lowest BCUT2D eigenvalue weighted by atomic mass is 9.73. The fraction of sp³-hybridized carbons (Fsp3) is 0.577. The summed E-state index contributed by atoms with van der Waals surface area (Å²) in [6.45, 7) is 9.77. The van der Waals surface area contributed by atoms with Crippen molar-refractivity contribution in [1.29, 1.82) is 0 Å². The van der Waals surface area contributed by atoms with E-state index in [0.29, 0.717) is 28.6 Å². The number of likely N-dealkylation sites (tertiary alicyclic amines) is 2. The Morgan fingerprint density at radius 1 is 1.16 bits per heavy atom. The molecule has 3 aliphatic rings. The van der Waals surface area contributed by atoms with Crippen molar-refractivity contribution in [2.45, 2.75) is 70.4 Å². The van der Waals surface area contributed by atoms with Crippen molar-refractivity contribution in [3.05, 3.63) is 34.1 Å². The van der Waals surface area contributed by atoms with Crippen LogP contribution in [0.1, 0.15) is 73.3 Å². The van der Waals surface area contributed by atoms with Gasteiger partial charge in [-0.15, -0.1) is 11.3 Å². The lowest BCUT2D eigenvalue weighted by Gasteiger charge is -2.40. The number of nitrogens with zero attached hydrogens (tertiary/aromatic N) is 6. The molecule has 0 spiro atoms. The molecule has 2 aliphatic heterocycles. The van der Waals surface area contributed by atoms with Crippen LogP contribution in [-0.2, 0) is 18.4 Å². The first-order valence-electron chi connectivity index (χ1n) is 13.3. The average Bonchev–Trinajstić information content (AvgIpc) is 3.54. The van der Waals surface area contributed by atoms with Crippen LogP contribution in [0.25, 0.3) is 11.4 Å². The third-order valence-electron chi connectivity index (χ3n) is 8.03. The maximum atomic E-state index is 13.3. The van der Waals surface area contributed by atoms with Crippen LogP contribution >= 0.6 is 11.3 Å². The van der Waals surface area contributed by atoms with Gasteiger partial charge in [0.25, 0.3) is 5.91 Å². The number of fused-ring (bicyclic) bond motifs is 3. The van der Waals surface area contributed by atoms with Crippen molar-refractivity contribution in [3.8, 4) is 11.4 Å². The number of nitrogens with one attached hydrogen (secondary N) is 2. The lowest BCUT2D eigenvalue weighted by molar-refractivity contribution is 0.0892. The van der Waals surface area contributed by atoms with Crippen LogP contribution in [0.2, 0.25) is 0 Å². The van der Waals surface area contributed by atoms with Gasteiger partial charge in [-0.25, -0.2) is 15.0 Å². The molecule has 0 bridgehead atoms. The number of carbonyl (C=O) groups excluding carboxylic acids is 1. The summed E-state index contributed by atoms with van der Waals surface area (Å²) >= 11 is 1.47. The molecule has 10 nitrogen and oxygen atoms in total. The van der Waals surface area contributed by atoms with Crippen LogP contribution in [0, 0.1) is 0 Å². The zero-order valence-corrected chi connectivity index (χ0v) is 22.4. The number of thiazole rings is 1. The van der Waals surface area contributed by atoms with Gasteiger partial charge in [0.1, 0.15) is 11.4 Å². The number of hydrogen-bond acceptors (Lipinski definition) is 9. The molecule has 3 aromatic heterocycles. The average molecular weight is 522 g/mol. The Bertz CT molecular complexity index is 1280. The molecule has 37 heavy (non-hydrogen) atoms. The molecule has 1 amide bonds. The van der Waals surface area contributed by atoms with E-state index in [-0.39, 0.29) is 17.3 Å². The van der Waals surface area contributed by atoms with Crippen LogP contribution in [0.3, 0.4) is 0 Å². The smallest absolute Gasteiger partial charge is 0.275 e. The predicted octanol–water partition coefficient (Wildman–Crippen LogP) is 3.44. The number of rotatable bonds is 5. The first-order chi connectivity index (χ1) is 17.9. The highest BCUT2D eigenvalue weighted by Gasteiger charge is 2.38. The Balaban J connectivity index is 1.11. The van der Waals surface area contributed by atoms with Gasteiger partial charge in [-0.2, -0.15) is 5.10 Å². The minimum absolute atomic E-state index is 0.199. The number of hydrogen-bond donors (Lipinski definition) is 3. The largest absolute Gasteiger partial charge is 0.368 e. The molecule has 2 fully saturated rings. The van der Waals surface area contributed by atoms with Crippen LogP contribution in [0.4, 0.5) is 11.1 Å². The van der Waals surface area contributed by atoms with Gasteiger partial charge in [0.15, 0.2) is 5.13 Å². The number of carbonyl (C=O) groups is 1. The summed E-state index contributed by atoms with van der Waals surface area (Å²) in [7, 11) is 0. The van der Waals surface area contributed by atoms with Gasteiger partial charge in [-0.05, 0) is 56.2 Å². The van der Waals surface area contributed by atoms with Crippen LogP contribution < -0.4 is 11.1 Å². The highest BCUT2D eigenvalue weighted by atomic mass is 32.1. The topological polar surface area (TPSA) is 129 Å². The Morgan fingerprint density at radius 2 is 1.95 bits per heavy atom. The van der Waals surface area contributed by atoms with Crippen molar-refractivity contribution < 1.29 is 4.79 Å². The second-order valence-electron chi connectivity index (χ2n) is 11.2. The molecular weight excluding hydrogens is 486 g/mol. The summed E-state index contributed by atoms with van der Waals surface area (Å²) in [5, 5.41) is 13.1. The molecule has 11 heteroatoms. The summed E-state index contributed by atoms with van der Waals surface area (Å²) in [6.07, 6.45) is 9.00. The Hall–Kier alpha value is -2.89. The third-order valence-corrected chi connectivity index (χ3v) is 8.84. The number of H-pyrrole nitrogens is 1. The van der Waals surface area contributed by atoms with Gasteiger partial charge in [0, 0.05) is 42.8 Å². The summed E-state index contributed by atoms with van der Waals surface area (Å²) in [6, 6.07) is 0.737. The molecule has 0 unspecified atom stereocenters. The Labute approximate surface area is 221 Å². The van der Waals surface area contributed by atoms with E-state index in [4.69, 9.17) is 10.7 Å². The molecule has 2 saturated heterocycles. The number of piperidine rings is 2. The van der Waals surface area contributed by atoms with Crippen LogP contribution in [0.15, 0.2) is 11.6 Å². The first kappa shape index (κ1) is 24.4. The Morgan fingerprint density at radius 3 is 2.73 bits per heavy atom. The van der Waals surface area contributed by atoms with Gasteiger partial charge in [-0.1, -0.05) is 20.3 Å². The molecular formula is C26H35N9OS. The number of nitrogens with two attached hydrogens (primary N) is 1. The molecule has 0 saturated carbocycles. The number of nitrogen functional groups attached to an aromatic ring is 1. The maximum absolute atomic E-state index is 13.3. The van der Waals surface area contributed by atoms with Gasteiger partial charge in [0.2, 0.25) is 5.95 Å². The second-order valence-corrected chi connectivity index (χ2v) is 12.0. The maximum Gasteiger partial charge on any atom is 0.275 e. The van der Waals surface area contributed by atoms with Gasteiger partial charge < -0.3 is 10.6 Å². The summed E-state index contributed by atoms with van der Waals surface area (Å²) in [5.74, 6) is -0.0417. The summed E-state index contributed by atoms with van der Waals surface area (Å²) in [4.78, 5) is 31.8. The quantitative estimate of drug-likeness (QED) is 0.466. The zero-order chi connectivity index (χ0) is 25.6. The van der Waals surface area contributed by atoms with Crippen molar-refractivity contribution in [2.24, 2.45) is 0 Å². The van der Waals surface area contributed by atoms with Gasteiger partial charge in [0.05, 0.1) is 11.4 Å². The van der Waals surface area contributed by atoms with Crippen molar-refractivity contribution in [1.82, 2.24) is 34.9 Å². The number of aromatic nitrogens is 5. The standard InChI is InChI=1S/C26H35N9OS/c1-26(2)12-16-13-28-24(27)30-20(16)21-19(26)22(33-32-21)23(36)31-25-29-17(15-37-25)14-34-10-6-18(7-11-34)35-8-4-3-5-9-35/h13,15,18H,3-12,14H2,1-2H3,(H,32,33)(H2,27,28,30)(H,29,31,36). The van der Waals surface area contributed by atoms with E-state index in [1.165, 1.54) is 56.5 Å². The third kappa shape index (κ3) is 4.87. The monoisotopic (exact) mass is 521 g/mol. The highest BCUT2D eigenvalue weighted by molar-refractivity contribution is 7.14. The van der Waals surface area contributed by atoms with E-state index in [2.05, 4.69) is 54.5 Å². The second kappa shape index (κ2) is 9.77. The Kier molecular flexibility index (Phi) is 6.46. The summed E-state index contributed by atoms with van der Waals surface area (Å²) in [5.41, 5.74) is 10.2. The lowest BCUT2D eigenvalue weighted by Crippen LogP contribution is -2.46. The number of aromatic amines is 1. The SMILES string of the molecule is CC1(C)Cc2cnc(N)nc2-c2n[nH]c(C(=O)Nc3nc(CN4CCC(N5CCCCC5)CC4)cs3)c21. The molecule has 0 aromatic carbocycles. The number of anilines is 2. The van der Waals surface area contributed by atoms with Gasteiger partial charge >= 0.3 is 0 Å². The molecule has 0 radical (unpaired) electrons. The number of amides is 1. The molecule has 6 rings (SSSR count). The van der Waals surface area contributed by atoms with E-state index >= 15 is 0 Å². The molecule has 0 atom stereocenters. The normalized spacial score (nSPS) is 20.4. The summed E-state index contributed by atoms with van der Waals surface area (Å²) < 4.78 is 0. The van der Waals surface area contributed by atoms with Crippen LogP contribution in [0.5, 0.6) is 0 Å². The zero-order valence-electron chi connectivity index (χ0n) is 21.6. The highest BCUT2D eigenvalue weighted by Crippen LogP contribution is 2.42. The molecule has 196 valence electrons. The van der Waals surface area contributed by atoms with Gasteiger partial charge in [-0.3, -0.25) is 20.1 Å². The molecule has 4 N–H and O–H groups in total. The minimum Gasteiger partial charge on any atom is -0.368 e. The van der Waals surface area contributed by atoms with Crippen LogP contribution in [-0.4, -0.2) is 73.1 Å². The first-order valence-corrected chi connectivity index (χ1v) is 14.2. The van der Waals surface area contributed by atoms with Crippen molar-refractivity contribution in [3.63, 3.8) is 0 Å². The van der Waals surface area contributed by atoms with Crippen molar-refractivity contribution in [2.75, 3.05) is 37.2 Å². The van der Waals surface area contributed by atoms with Crippen molar-refractivity contribution >= 4 is 28.3 Å². The molecule has 1 aliphatic carbocycles. The fourth-order valence-electron chi connectivity index (χ4n) is 6.21. The van der Waals surface area contributed by atoms with E-state index in [1.54, 1.807) is 6.20 Å². The molecule has 5 heterocycles. The fourth-order valence-corrected chi connectivity index (χ4v) is 6.90. The predicted molar refractivity (Wildman–Crippen MR) is 145 cm³/mol. The van der Waals surface area contributed by atoms with E-state index in [0.717, 1.165) is 42.5 Å². The van der Waals surface area contributed by atoms with E-state index in [9.17, 15) is 4.79 Å².